The van der Waals surface area contributed by atoms with Crippen molar-refractivity contribution in [2.45, 2.75) is 18.4 Å². The van der Waals surface area contributed by atoms with E-state index in [1.807, 2.05) is 0 Å². The van der Waals surface area contributed by atoms with Gasteiger partial charge in [0.1, 0.15) is 0 Å². The summed E-state index contributed by atoms with van der Waals surface area (Å²) in [6.45, 7) is 2.13. The number of amides is 1. The number of carbonyl (C=O) groups excluding carboxylic acids is 1. The Morgan fingerprint density at radius 3 is 3.11 bits per heavy atom. The van der Waals surface area contributed by atoms with E-state index in [2.05, 4.69) is 31.5 Å². The zero-order chi connectivity index (χ0) is 13.7. The maximum Gasteiger partial charge on any atom is 0.252 e. The first-order valence-electron chi connectivity index (χ1n) is 6.28. The Hall–Kier alpha value is -0.980. The van der Waals surface area contributed by atoms with Crippen LogP contribution in [0.25, 0.3) is 0 Å². The van der Waals surface area contributed by atoms with E-state index in [0.29, 0.717) is 18.7 Å². The first-order valence-corrected chi connectivity index (χ1v) is 7.07. The second kappa shape index (κ2) is 6.45. The lowest BCUT2D eigenvalue weighted by Gasteiger charge is -2.28. The molecular weight excluding hydrogens is 310 g/mol. The van der Waals surface area contributed by atoms with Crippen molar-refractivity contribution in [2.24, 2.45) is 0 Å². The number of pyridine rings is 1. The Morgan fingerprint density at radius 1 is 1.63 bits per heavy atom. The molecule has 1 fully saturated rings. The van der Waals surface area contributed by atoms with Gasteiger partial charge < -0.3 is 15.4 Å². The van der Waals surface area contributed by atoms with Gasteiger partial charge in [-0.1, -0.05) is 0 Å². The maximum atomic E-state index is 12.1. The molecular formula is C13H18BrN3O2. The smallest absolute Gasteiger partial charge is 0.252 e. The molecule has 0 spiro atoms. The molecule has 6 heteroatoms. The number of nitrogens with one attached hydrogen (secondary N) is 2. The summed E-state index contributed by atoms with van der Waals surface area (Å²) in [4.78, 5) is 16.1. The van der Waals surface area contributed by atoms with Crippen molar-refractivity contribution in [1.29, 1.82) is 0 Å². The molecule has 1 atom stereocenters. The van der Waals surface area contributed by atoms with Crippen LogP contribution in [-0.4, -0.2) is 43.2 Å². The van der Waals surface area contributed by atoms with Gasteiger partial charge >= 0.3 is 0 Å². The molecule has 0 saturated carbocycles. The van der Waals surface area contributed by atoms with E-state index in [0.717, 1.165) is 23.9 Å². The summed E-state index contributed by atoms with van der Waals surface area (Å²) in [5.41, 5.74) is 0.420. The Bertz CT molecular complexity index is 447. The van der Waals surface area contributed by atoms with E-state index < -0.39 is 0 Å². The monoisotopic (exact) mass is 327 g/mol. The number of ether oxygens (including phenoxy) is 1. The highest BCUT2D eigenvalue weighted by Crippen LogP contribution is 2.19. The minimum absolute atomic E-state index is 0.113. The first kappa shape index (κ1) is 14.4. The number of rotatable bonds is 5. The lowest BCUT2D eigenvalue weighted by Crippen LogP contribution is -2.53. The second-order valence-electron chi connectivity index (χ2n) is 4.82. The van der Waals surface area contributed by atoms with Crippen LogP contribution >= 0.6 is 15.9 Å². The van der Waals surface area contributed by atoms with Crippen molar-refractivity contribution >= 4 is 21.8 Å². The summed E-state index contributed by atoms with van der Waals surface area (Å²) in [6.07, 6.45) is 5.34. The highest BCUT2D eigenvalue weighted by molar-refractivity contribution is 9.10. The van der Waals surface area contributed by atoms with Gasteiger partial charge in [-0.05, 0) is 41.4 Å². The lowest BCUT2D eigenvalue weighted by molar-refractivity contribution is 0.0892. The predicted molar refractivity (Wildman–Crippen MR) is 76.1 cm³/mol. The molecule has 1 aromatic rings. The zero-order valence-corrected chi connectivity index (χ0v) is 12.5. The van der Waals surface area contributed by atoms with E-state index in [1.54, 1.807) is 25.6 Å². The largest absolute Gasteiger partial charge is 0.383 e. The van der Waals surface area contributed by atoms with Gasteiger partial charge in [-0.15, -0.1) is 0 Å². The molecule has 1 saturated heterocycles. The summed E-state index contributed by atoms with van der Waals surface area (Å²) in [6, 6.07) is 1.76. The molecule has 104 valence electrons. The number of hydrogen-bond donors (Lipinski definition) is 2. The molecule has 1 aliphatic heterocycles. The third-order valence-corrected chi connectivity index (χ3v) is 3.74. The summed E-state index contributed by atoms with van der Waals surface area (Å²) in [7, 11) is 1.68. The van der Waals surface area contributed by atoms with E-state index in [9.17, 15) is 4.79 Å². The van der Waals surface area contributed by atoms with E-state index in [4.69, 9.17) is 4.74 Å². The minimum Gasteiger partial charge on any atom is -0.383 e. The van der Waals surface area contributed by atoms with Crippen molar-refractivity contribution < 1.29 is 9.53 Å². The molecule has 0 bridgehead atoms. The van der Waals surface area contributed by atoms with Crippen molar-refractivity contribution in [2.75, 3.05) is 26.8 Å². The Labute approximate surface area is 121 Å². The Balaban J connectivity index is 1.95. The third kappa shape index (κ3) is 3.75. The van der Waals surface area contributed by atoms with Crippen LogP contribution in [0.15, 0.2) is 22.9 Å². The lowest BCUT2D eigenvalue weighted by atomic mass is 9.98. The average molecular weight is 328 g/mol. The SMILES string of the molecule is COCC1(CNC(=O)c2cncc(Br)c2)CCCN1. The standard InChI is InChI=1S/C13H18BrN3O2/c1-19-9-13(3-2-4-17-13)8-16-12(18)10-5-11(14)7-15-6-10/h5-7,17H,2-4,8-9H2,1H3,(H,16,18). The van der Waals surface area contributed by atoms with Gasteiger partial charge in [-0.25, -0.2) is 0 Å². The third-order valence-electron chi connectivity index (χ3n) is 3.31. The van der Waals surface area contributed by atoms with Crippen LogP contribution in [-0.2, 0) is 4.74 Å². The fraction of sp³-hybridized carbons (Fsp3) is 0.538. The Morgan fingerprint density at radius 2 is 2.47 bits per heavy atom. The quantitative estimate of drug-likeness (QED) is 0.856. The van der Waals surface area contributed by atoms with Crippen LogP contribution in [0.2, 0.25) is 0 Å². The van der Waals surface area contributed by atoms with Gasteiger partial charge in [0.25, 0.3) is 5.91 Å². The highest BCUT2D eigenvalue weighted by atomic mass is 79.9. The van der Waals surface area contributed by atoms with Crippen LogP contribution in [0.3, 0.4) is 0 Å². The van der Waals surface area contributed by atoms with Crippen LogP contribution in [0.5, 0.6) is 0 Å². The minimum atomic E-state index is -0.135. The topological polar surface area (TPSA) is 63.2 Å². The molecule has 0 aliphatic carbocycles. The Kier molecular flexibility index (Phi) is 4.90. The molecule has 0 radical (unpaired) electrons. The van der Waals surface area contributed by atoms with Gasteiger partial charge in [0.05, 0.1) is 17.7 Å². The fourth-order valence-electron chi connectivity index (χ4n) is 2.36. The average Bonchev–Trinajstić information content (AvgIpc) is 2.85. The normalized spacial score (nSPS) is 22.4. The van der Waals surface area contributed by atoms with E-state index in [-0.39, 0.29) is 11.4 Å². The molecule has 1 unspecified atom stereocenters. The number of halogens is 1. The summed E-state index contributed by atoms with van der Waals surface area (Å²) < 4.78 is 6.05. The molecule has 19 heavy (non-hydrogen) atoms. The fourth-order valence-corrected chi connectivity index (χ4v) is 2.72. The molecule has 2 N–H and O–H groups in total. The van der Waals surface area contributed by atoms with Crippen LogP contribution in [0.4, 0.5) is 0 Å². The van der Waals surface area contributed by atoms with Gasteiger partial charge in [-0.2, -0.15) is 0 Å². The molecule has 1 aliphatic rings. The van der Waals surface area contributed by atoms with Gasteiger partial charge in [-0.3, -0.25) is 9.78 Å². The van der Waals surface area contributed by atoms with Gasteiger partial charge in [0, 0.05) is 30.5 Å². The van der Waals surface area contributed by atoms with E-state index >= 15 is 0 Å². The van der Waals surface area contributed by atoms with Crippen molar-refractivity contribution in [3.63, 3.8) is 0 Å². The van der Waals surface area contributed by atoms with Crippen molar-refractivity contribution in [3.05, 3.63) is 28.5 Å². The van der Waals surface area contributed by atoms with Gasteiger partial charge in [0.2, 0.25) is 0 Å². The van der Waals surface area contributed by atoms with Crippen molar-refractivity contribution in [1.82, 2.24) is 15.6 Å². The molecule has 2 rings (SSSR count). The predicted octanol–water partition coefficient (Wildman–Crippen LogP) is 1.34. The molecule has 0 aromatic carbocycles. The number of carbonyl (C=O) groups is 1. The molecule has 5 nitrogen and oxygen atoms in total. The van der Waals surface area contributed by atoms with Crippen LogP contribution < -0.4 is 10.6 Å². The van der Waals surface area contributed by atoms with Crippen LogP contribution in [0, 0.1) is 0 Å². The van der Waals surface area contributed by atoms with Crippen molar-refractivity contribution in [3.8, 4) is 0 Å². The van der Waals surface area contributed by atoms with Crippen LogP contribution in [0.1, 0.15) is 23.2 Å². The van der Waals surface area contributed by atoms with Gasteiger partial charge in [0.15, 0.2) is 0 Å². The second-order valence-corrected chi connectivity index (χ2v) is 5.73. The zero-order valence-electron chi connectivity index (χ0n) is 10.9. The number of aromatic nitrogens is 1. The number of hydrogen-bond acceptors (Lipinski definition) is 4. The first-order chi connectivity index (χ1) is 9.15. The molecule has 1 aromatic heterocycles. The summed E-state index contributed by atoms with van der Waals surface area (Å²) in [5, 5.41) is 6.38. The molecule has 2 heterocycles. The summed E-state index contributed by atoms with van der Waals surface area (Å²) >= 11 is 3.31. The molecule has 1 amide bonds. The maximum absolute atomic E-state index is 12.1. The number of nitrogens with zero attached hydrogens (tertiary/aromatic N) is 1. The highest BCUT2D eigenvalue weighted by Gasteiger charge is 2.33. The number of methoxy groups -OCH3 is 1. The van der Waals surface area contributed by atoms with E-state index in [1.165, 1.54) is 0 Å². The summed E-state index contributed by atoms with van der Waals surface area (Å²) in [5.74, 6) is -0.113.